The smallest absolute Gasteiger partial charge is 0.453 e. The summed E-state index contributed by atoms with van der Waals surface area (Å²) in [4.78, 5) is 16.1. The highest BCUT2D eigenvalue weighted by Crippen LogP contribution is 2.42. The Labute approximate surface area is 134 Å². The molecular formula is C15H13F3N4O2. The number of aromatic nitrogens is 3. The van der Waals surface area contributed by atoms with Crippen molar-refractivity contribution >= 4 is 11.7 Å². The van der Waals surface area contributed by atoms with Crippen molar-refractivity contribution in [2.75, 3.05) is 5.32 Å². The summed E-state index contributed by atoms with van der Waals surface area (Å²) in [6.45, 7) is 1.92. The third-order valence-electron chi connectivity index (χ3n) is 4.19. The molecule has 4 rings (SSSR count). The summed E-state index contributed by atoms with van der Waals surface area (Å²) < 4.78 is 45.4. The number of halogens is 3. The molecule has 0 radical (unpaired) electrons. The minimum atomic E-state index is -4.67. The summed E-state index contributed by atoms with van der Waals surface area (Å²) >= 11 is 0. The number of carbonyl (C=O) groups is 1. The van der Waals surface area contributed by atoms with E-state index in [1.165, 1.54) is 6.26 Å². The van der Waals surface area contributed by atoms with Crippen LogP contribution in [0.4, 0.5) is 19.1 Å². The molecule has 0 spiro atoms. The van der Waals surface area contributed by atoms with E-state index in [4.69, 9.17) is 4.42 Å². The molecule has 2 aromatic heterocycles. The Morgan fingerprint density at radius 2 is 2.17 bits per heavy atom. The third-order valence-corrected chi connectivity index (χ3v) is 4.19. The molecule has 0 saturated carbocycles. The molecule has 0 fully saturated rings. The number of rotatable bonds is 1. The molecule has 1 N–H and O–H groups in total. The van der Waals surface area contributed by atoms with E-state index in [1.54, 1.807) is 12.1 Å². The lowest BCUT2D eigenvalue weighted by molar-refractivity contribution is -0.145. The van der Waals surface area contributed by atoms with Gasteiger partial charge in [-0.15, -0.1) is 5.10 Å². The minimum absolute atomic E-state index is 0.0376. The van der Waals surface area contributed by atoms with Crippen LogP contribution in [0.2, 0.25) is 0 Å². The average molecular weight is 338 g/mol. The average Bonchev–Trinajstić information content (AvgIpc) is 3.13. The molecule has 2 aromatic rings. The van der Waals surface area contributed by atoms with E-state index >= 15 is 0 Å². The lowest BCUT2D eigenvalue weighted by Crippen LogP contribution is -2.33. The molecule has 0 aromatic carbocycles. The van der Waals surface area contributed by atoms with Crippen LogP contribution in [-0.4, -0.2) is 20.5 Å². The fourth-order valence-electron chi connectivity index (χ4n) is 3.24. The predicted octanol–water partition coefficient (Wildman–Crippen LogP) is 3.16. The molecule has 3 heterocycles. The van der Waals surface area contributed by atoms with Crippen LogP contribution in [0, 0.1) is 5.92 Å². The van der Waals surface area contributed by atoms with Crippen LogP contribution >= 0.6 is 0 Å². The number of ketones is 1. The van der Waals surface area contributed by atoms with Crippen molar-refractivity contribution in [3.63, 3.8) is 0 Å². The van der Waals surface area contributed by atoms with E-state index in [0.717, 1.165) is 4.68 Å². The van der Waals surface area contributed by atoms with E-state index in [1.807, 2.05) is 6.92 Å². The first-order valence-electron chi connectivity index (χ1n) is 7.45. The summed E-state index contributed by atoms with van der Waals surface area (Å²) in [5, 5.41) is 6.43. The highest BCUT2D eigenvalue weighted by atomic mass is 19.4. The highest BCUT2D eigenvalue weighted by molar-refractivity contribution is 5.99. The summed E-state index contributed by atoms with van der Waals surface area (Å²) in [6, 6.07) is 2.40. The Hall–Kier alpha value is -2.58. The maximum Gasteiger partial charge on any atom is 0.453 e. The number of hydrogen-bond acceptors (Lipinski definition) is 5. The summed E-state index contributed by atoms with van der Waals surface area (Å²) in [6.07, 6.45) is -2.35. The van der Waals surface area contributed by atoms with Gasteiger partial charge in [-0.3, -0.25) is 4.79 Å². The van der Waals surface area contributed by atoms with Gasteiger partial charge in [0.15, 0.2) is 5.78 Å². The van der Waals surface area contributed by atoms with E-state index in [9.17, 15) is 18.0 Å². The quantitative estimate of drug-likeness (QED) is 0.865. The molecule has 9 heteroatoms. The molecule has 6 nitrogen and oxygen atoms in total. The normalized spacial score (nSPS) is 23.8. The molecule has 2 aliphatic rings. The molecule has 0 saturated heterocycles. The first kappa shape index (κ1) is 15.0. The van der Waals surface area contributed by atoms with Crippen LogP contribution in [0.15, 0.2) is 34.1 Å². The van der Waals surface area contributed by atoms with Gasteiger partial charge in [0.1, 0.15) is 11.8 Å². The first-order chi connectivity index (χ1) is 11.3. The topological polar surface area (TPSA) is 73.0 Å². The number of anilines is 1. The molecule has 24 heavy (non-hydrogen) atoms. The second-order valence-corrected chi connectivity index (χ2v) is 6.07. The van der Waals surface area contributed by atoms with Gasteiger partial charge in [-0.25, -0.2) is 4.68 Å². The van der Waals surface area contributed by atoms with E-state index in [2.05, 4.69) is 15.4 Å². The number of nitrogens with one attached hydrogen (secondary N) is 1. The Morgan fingerprint density at radius 3 is 2.83 bits per heavy atom. The molecule has 1 aliphatic heterocycles. The molecule has 2 atom stereocenters. The van der Waals surface area contributed by atoms with Gasteiger partial charge >= 0.3 is 6.18 Å². The number of alkyl halides is 3. The SMILES string of the molecule is CC1CC(=O)C2=C(C1)Nc1nc(C(F)(F)F)nn1C2c1ccco1. The van der Waals surface area contributed by atoms with Crippen molar-refractivity contribution in [2.24, 2.45) is 5.92 Å². The number of Topliss-reactive ketones (excluding diaryl/α,β-unsaturated/α-hetero) is 1. The van der Waals surface area contributed by atoms with Crippen molar-refractivity contribution in [3.05, 3.63) is 41.3 Å². The van der Waals surface area contributed by atoms with Crippen LogP contribution in [0.3, 0.4) is 0 Å². The standard InChI is InChI=1S/C15H13F3N4O2/c1-7-5-8-11(9(23)6-7)12(10-3-2-4-24-10)22-14(19-8)20-13(21-22)15(16,17)18/h2-4,7,12H,5-6H2,1H3,(H,19,20,21). The molecular weight excluding hydrogens is 325 g/mol. The van der Waals surface area contributed by atoms with Crippen molar-refractivity contribution in [1.82, 2.24) is 14.8 Å². The van der Waals surface area contributed by atoms with Crippen LogP contribution in [0.1, 0.15) is 37.4 Å². The lowest BCUT2D eigenvalue weighted by Gasteiger charge is -2.32. The van der Waals surface area contributed by atoms with Crippen LogP contribution in [-0.2, 0) is 11.0 Å². The van der Waals surface area contributed by atoms with Gasteiger partial charge in [0.2, 0.25) is 5.95 Å². The zero-order valence-electron chi connectivity index (χ0n) is 12.6. The Morgan fingerprint density at radius 1 is 1.38 bits per heavy atom. The van der Waals surface area contributed by atoms with Crippen molar-refractivity contribution in [1.29, 1.82) is 0 Å². The van der Waals surface area contributed by atoms with Gasteiger partial charge in [0.25, 0.3) is 5.82 Å². The number of nitrogens with zero attached hydrogens (tertiary/aromatic N) is 3. The van der Waals surface area contributed by atoms with Crippen molar-refractivity contribution in [3.8, 4) is 0 Å². The van der Waals surface area contributed by atoms with Gasteiger partial charge in [-0.05, 0) is 24.5 Å². The molecule has 2 unspecified atom stereocenters. The number of hydrogen-bond donors (Lipinski definition) is 1. The number of carbonyl (C=O) groups excluding carboxylic acids is 1. The van der Waals surface area contributed by atoms with Gasteiger partial charge in [0, 0.05) is 17.7 Å². The van der Waals surface area contributed by atoms with E-state index in [-0.39, 0.29) is 17.6 Å². The number of fused-ring (bicyclic) bond motifs is 1. The van der Waals surface area contributed by atoms with Gasteiger partial charge in [-0.2, -0.15) is 18.2 Å². The van der Waals surface area contributed by atoms with Crippen LogP contribution in [0.5, 0.6) is 0 Å². The van der Waals surface area contributed by atoms with E-state index < -0.39 is 18.0 Å². The second kappa shape index (κ2) is 4.96. The summed E-state index contributed by atoms with van der Waals surface area (Å²) in [5.74, 6) is -0.942. The van der Waals surface area contributed by atoms with Gasteiger partial charge < -0.3 is 9.73 Å². The maximum absolute atomic E-state index is 13.0. The third kappa shape index (κ3) is 2.22. The van der Waals surface area contributed by atoms with E-state index in [0.29, 0.717) is 29.9 Å². The number of allylic oxidation sites excluding steroid dienone is 2. The summed E-state index contributed by atoms with van der Waals surface area (Å²) in [7, 11) is 0. The minimum Gasteiger partial charge on any atom is -0.467 e. The maximum atomic E-state index is 13.0. The Balaban J connectivity index is 1.90. The zero-order valence-corrected chi connectivity index (χ0v) is 12.6. The molecule has 126 valence electrons. The Bertz CT molecular complexity index is 836. The molecule has 1 aliphatic carbocycles. The monoisotopic (exact) mass is 338 g/mol. The fourth-order valence-corrected chi connectivity index (χ4v) is 3.24. The van der Waals surface area contributed by atoms with Crippen LogP contribution < -0.4 is 5.32 Å². The zero-order chi connectivity index (χ0) is 17.1. The molecule has 0 amide bonds. The molecule has 0 bridgehead atoms. The van der Waals surface area contributed by atoms with Crippen LogP contribution in [0.25, 0.3) is 0 Å². The van der Waals surface area contributed by atoms with Gasteiger partial charge in [-0.1, -0.05) is 6.92 Å². The highest BCUT2D eigenvalue weighted by Gasteiger charge is 2.43. The largest absolute Gasteiger partial charge is 0.467 e. The summed E-state index contributed by atoms with van der Waals surface area (Å²) in [5.41, 5.74) is 0.989. The predicted molar refractivity (Wildman–Crippen MR) is 75.9 cm³/mol. The number of furan rings is 1. The second-order valence-electron chi connectivity index (χ2n) is 6.07. The van der Waals surface area contributed by atoms with Gasteiger partial charge in [0.05, 0.1) is 6.26 Å². The first-order valence-corrected chi connectivity index (χ1v) is 7.45. The van der Waals surface area contributed by atoms with Crippen molar-refractivity contribution in [2.45, 2.75) is 32.0 Å². The fraction of sp³-hybridized carbons (Fsp3) is 0.400. The van der Waals surface area contributed by atoms with Crippen molar-refractivity contribution < 1.29 is 22.4 Å². The lowest BCUT2D eigenvalue weighted by atomic mass is 9.82. The Kier molecular flexibility index (Phi) is 3.09.